The molecule has 2 aliphatic rings. The lowest BCUT2D eigenvalue weighted by molar-refractivity contribution is -0.192. The van der Waals surface area contributed by atoms with E-state index in [0.29, 0.717) is 6.54 Å². The Labute approximate surface area is 177 Å². The van der Waals surface area contributed by atoms with Gasteiger partial charge in [-0.15, -0.1) is 0 Å². The number of carboxylic acids is 1. The molecule has 1 fully saturated rings. The highest BCUT2D eigenvalue weighted by Crippen LogP contribution is 2.26. The second kappa shape index (κ2) is 9.54. The fourth-order valence-corrected chi connectivity index (χ4v) is 3.36. The third kappa shape index (κ3) is 6.33. The number of carbonyl (C=O) groups excluding carboxylic acids is 1. The zero-order valence-electron chi connectivity index (χ0n) is 17.1. The van der Waals surface area contributed by atoms with Crippen molar-refractivity contribution in [1.82, 2.24) is 19.8 Å². The molecule has 0 saturated heterocycles. The molecule has 2 N–H and O–H groups in total. The van der Waals surface area contributed by atoms with E-state index in [2.05, 4.69) is 21.0 Å². The van der Waals surface area contributed by atoms with Crippen LogP contribution in [0.2, 0.25) is 0 Å². The molecule has 0 spiro atoms. The van der Waals surface area contributed by atoms with Crippen LogP contribution in [-0.4, -0.2) is 44.2 Å². The van der Waals surface area contributed by atoms with E-state index < -0.39 is 12.1 Å². The number of alkyl halides is 3. The van der Waals surface area contributed by atoms with Crippen LogP contribution in [0.15, 0.2) is 22.7 Å². The highest BCUT2D eigenvalue weighted by Gasteiger charge is 2.38. The van der Waals surface area contributed by atoms with Gasteiger partial charge >= 0.3 is 12.1 Å². The summed E-state index contributed by atoms with van der Waals surface area (Å²) in [4.78, 5) is 27.9. The lowest BCUT2D eigenvalue weighted by atomic mass is 9.85. The Morgan fingerprint density at radius 1 is 1.29 bits per heavy atom. The summed E-state index contributed by atoms with van der Waals surface area (Å²) < 4.78 is 39.6. The average Bonchev–Trinajstić information content (AvgIpc) is 3.23. The summed E-state index contributed by atoms with van der Waals surface area (Å²) in [6, 6.07) is 4.04. The molecule has 1 saturated carbocycles. The number of aromatic nitrogens is 2. The van der Waals surface area contributed by atoms with E-state index in [1.165, 1.54) is 6.42 Å². The van der Waals surface area contributed by atoms with Gasteiger partial charge in [0.25, 0.3) is 0 Å². The van der Waals surface area contributed by atoms with E-state index in [0.717, 1.165) is 62.1 Å². The molecule has 0 atom stereocenters. The number of amides is 1. The first-order valence-corrected chi connectivity index (χ1v) is 10.0. The maximum atomic E-state index is 11.9. The third-order valence-electron chi connectivity index (χ3n) is 5.27. The van der Waals surface area contributed by atoms with E-state index in [9.17, 15) is 18.0 Å². The summed E-state index contributed by atoms with van der Waals surface area (Å²) in [5.41, 5.74) is 0.952. The van der Waals surface area contributed by atoms with Crippen molar-refractivity contribution in [2.24, 2.45) is 5.92 Å². The number of imidazole rings is 1. The molecule has 0 radical (unpaired) electrons. The topological polar surface area (TPSA) is 101 Å². The van der Waals surface area contributed by atoms with Gasteiger partial charge in [0.05, 0.1) is 25.3 Å². The van der Waals surface area contributed by atoms with E-state index in [1.54, 1.807) is 0 Å². The Bertz CT molecular complexity index is 918. The predicted molar refractivity (Wildman–Crippen MR) is 103 cm³/mol. The summed E-state index contributed by atoms with van der Waals surface area (Å²) in [6.45, 7) is 6.05. The normalized spacial score (nSPS) is 16.6. The minimum absolute atomic E-state index is 0.182. The van der Waals surface area contributed by atoms with Crippen LogP contribution in [0.1, 0.15) is 42.3 Å². The Morgan fingerprint density at radius 2 is 2.00 bits per heavy atom. The van der Waals surface area contributed by atoms with Gasteiger partial charge in [0.2, 0.25) is 5.91 Å². The van der Waals surface area contributed by atoms with Crippen molar-refractivity contribution in [2.75, 3.05) is 6.54 Å². The molecule has 4 rings (SSSR count). The number of carbonyl (C=O) groups is 2. The molecular formula is C20H25F3N4O4. The molecule has 31 heavy (non-hydrogen) atoms. The lowest BCUT2D eigenvalue weighted by Gasteiger charge is -2.26. The van der Waals surface area contributed by atoms with Crippen LogP contribution < -0.4 is 5.32 Å². The number of hydrogen-bond donors (Lipinski definition) is 2. The summed E-state index contributed by atoms with van der Waals surface area (Å²) in [5, 5.41) is 10.1. The first-order valence-electron chi connectivity index (χ1n) is 10.0. The van der Waals surface area contributed by atoms with Crippen LogP contribution in [0.3, 0.4) is 0 Å². The van der Waals surface area contributed by atoms with Crippen molar-refractivity contribution in [3.05, 3.63) is 41.4 Å². The Kier molecular flexibility index (Phi) is 7.04. The van der Waals surface area contributed by atoms with Crippen molar-refractivity contribution < 1.29 is 32.3 Å². The van der Waals surface area contributed by atoms with Gasteiger partial charge in [-0.05, 0) is 31.9 Å². The lowest BCUT2D eigenvalue weighted by Crippen LogP contribution is -2.34. The number of aryl methyl sites for hydroxylation is 1. The first-order chi connectivity index (χ1) is 14.6. The summed E-state index contributed by atoms with van der Waals surface area (Å²) >= 11 is 0. The highest BCUT2D eigenvalue weighted by atomic mass is 19.4. The zero-order chi connectivity index (χ0) is 22.6. The van der Waals surface area contributed by atoms with Crippen molar-refractivity contribution in [3.8, 4) is 0 Å². The summed E-state index contributed by atoms with van der Waals surface area (Å²) in [6.07, 6.45) is 0.242. The van der Waals surface area contributed by atoms with Gasteiger partial charge in [-0.1, -0.05) is 6.42 Å². The largest absolute Gasteiger partial charge is 0.490 e. The van der Waals surface area contributed by atoms with Crippen LogP contribution in [0, 0.1) is 12.8 Å². The minimum atomic E-state index is -5.08. The summed E-state index contributed by atoms with van der Waals surface area (Å²) in [7, 11) is 0. The van der Waals surface area contributed by atoms with Crippen molar-refractivity contribution in [2.45, 2.75) is 58.5 Å². The Hall–Kier alpha value is -2.82. The maximum Gasteiger partial charge on any atom is 0.490 e. The van der Waals surface area contributed by atoms with E-state index in [1.807, 2.05) is 19.1 Å². The van der Waals surface area contributed by atoms with Gasteiger partial charge in [-0.3, -0.25) is 9.69 Å². The number of nitrogens with one attached hydrogen (secondary N) is 1. The van der Waals surface area contributed by atoms with Gasteiger partial charge in [0.1, 0.15) is 17.3 Å². The van der Waals surface area contributed by atoms with Crippen molar-refractivity contribution in [3.63, 3.8) is 0 Å². The molecule has 2 aromatic heterocycles. The number of nitrogens with zero attached hydrogens (tertiary/aromatic N) is 3. The molecule has 8 nitrogen and oxygen atoms in total. The van der Waals surface area contributed by atoms with Crippen LogP contribution >= 0.6 is 0 Å². The number of aliphatic carboxylic acids is 1. The standard InChI is InChI=1S/C18H24N4O2.C2HF3O2/c1-13-5-6-16(24-13)11-21-7-8-22-10-15(20-17(22)12-21)9-19-18(23)14-3-2-4-14;3-2(4,5)1(6)7/h5-6,10,14H,2-4,7-9,11-12H2,1H3,(H,19,23);(H,6,7). The van der Waals surface area contributed by atoms with Gasteiger partial charge in [-0.25, -0.2) is 9.78 Å². The third-order valence-corrected chi connectivity index (χ3v) is 5.27. The second-order valence-electron chi connectivity index (χ2n) is 7.71. The highest BCUT2D eigenvalue weighted by molar-refractivity contribution is 5.79. The Morgan fingerprint density at radius 3 is 2.55 bits per heavy atom. The van der Waals surface area contributed by atoms with Crippen molar-refractivity contribution in [1.29, 1.82) is 0 Å². The molecule has 11 heteroatoms. The molecule has 0 unspecified atom stereocenters. The monoisotopic (exact) mass is 442 g/mol. The molecular weight excluding hydrogens is 417 g/mol. The minimum Gasteiger partial charge on any atom is -0.475 e. The van der Waals surface area contributed by atoms with Crippen LogP contribution in [-0.2, 0) is 35.8 Å². The average molecular weight is 442 g/mol. The molecule has 1 amide bonds. The van der Waals surface area contributed by atoms with Gasteiger partial charge in [-0.2, -0.15) is 13.2 Å². The van der Waals surface area contributed by atoms with Gasteiger partial charge in [0, 0.05) is 25.2 Å². The van der Waals surface area contributed by atoms with Crippen LogP contribution in [0.4, 0.5) is 13.2 Å². The van der Waals surface area contributed by atoms with E-state index >= 15 is 0 Å². The van der Waals surface area contributed by atoms with Gasteiger partial charge < -0.3 is 19.4 Å². The fourth-order valence-electron chi connectivity index (χ4n) is 3.36. The SMILES string of the molecule is Cc1ccc(CN2CCn3cc(CNC(=O)C4CCC4)nc3C2)o1.O=C(O)C(F)(F)F. The molecule has 1 aliphatic carbocycles. The molecule has 0 bridgehead atoms. The van der Waals surface area contributed by atoms with Crippen LogP contribution in [0.5, 0.6) is 0 Å². The second-order valence-corrected chi connectivity index (χ2v) is 7.71. The molecule has 0 aromatic carbocycles. The quantitative estimate of drug-likeness (QED) is 0.739. The van der Waals surface area contributed by atoms with Crippen LogP contribution in [0.25, 0.3) is 0 Å². The number of hydrogen-bond acceptors (Lipinski definition) is 5. The van der Waals surface area contributed by atoms with E-state index in [4.69, 9.17) is 19.3 Å². The Balaban J connectivity index is 0.000000339. The predicted octanol–water partition coefficient (Wildman–Crippen LogP) is 2.85. The molecule has 170 valence electrons. The summed E-state index contributed by atoms with van der Waals surface area (Å²) in [5.74, 6) is 0.676. The number of fused-ring (bicyclic) bond motifs is 1. The fraction of sp³-hybridized carbons (Fsp3) is 0.550. The number of halogens is 3. The van der Waals surface area contributed by atoms with Crippen molar-refractivity contribution >= 4 is 11.9 Å². The molecule has 1 aliphatic heterocycles. The number of carboxylic acid groups (broad SMARTS) is 1. The zero-order valence-corrected chi connectivity index (χ0v) is 17.1. The molecule has 3 heterocycles. The van der Waals surface area contributed by atoms with Gasteiger partial charge in [0.15, 0.2) is 0 Å². The molecule has 2 aromatic rings. The first kappa shape index (κ1) is 22.9. The maximum absolute atomic E-state index is 11.9. The number of rotatable bonds is 5. The van der Waals surface area contributed by atoms with E-state index in [-0.39, 0.29) is 11.8 Å². The smallest absolute Gasteiger partial charge is 0.475 e. The number of furan rings is 1.